The second-order valence-corrected chi connectivity index (χ2v) is 7.94. The first kappa shape index (κ1) is 22.7. The molecule has 1 fully saturated rings. The highest BCUT2D eigenvalue weighted by atomic mass is 19.4. The number of nitrogens with one attached hydrogen (secondary N) is 1. The van der Waals surface area contributed by atoms with Crippen LogP contribution in [-0.2, 0) is 12.7 Å². The van der Waals surface area contributed by atoms with Crippen LogP contribution in [-0.4, -0.2) is 48.9 Å². The van der Waals surface area contributed by atoms with Gasteiger partial charge in [0, 0.05) is 39.3 Å². The molecular formula is C23H26F3N3O2. The third-order valence-electron chi connectivity index (χ3n) is 5.54. The van der Waals surface area contributed by atoms with Crippen molar-refractivity contribution in [2.75, 3.05) is 27.2 Å². The van der Waals surface area contributed by atoms with Crippen LogP contribution in [0.1, 0.15) is 45.8 Å². The predicted octanol–water partition coefficient (Wildman–Crippen LogP) is 4.50. The van der Waals surface area contributed by atoms with Gasteiger partial charge >= 0.3 is 12.2 Å². The Kier molecular flexibility index (Phi) is 6.87. The van der Waals surface area contributed by atoms with Crippen LogP contribution in [0, 0.1) is 0 Å². The van der Waals surface area contributed by atoms with Crippen molar-refractivity contribution in [3.8, 4) is 0 Å². The summed E-state index contributed by atoms with van der Waals surface area (Å²) in [5.74, 6) is 0.0691. The molecule has 2 aromatic rings. The number of alkyl halides is 3. The van der Waals surface area contributed by atoms with Crippen LogP contribution < -0.4 is 5.32 Å². The number of hydrogen-bond acceptors (Lipinski definition) is 2. The third kappa shape index (κ3) is 5.77. The molecule has 31 heavy (non-hydrogen) atoms. The maximum Gasteiger partial charge on any atom is 0.416 e. The standard InChI is InChI=1S/C23H26F3N3O2/c1-28(2)21(30)19-5-3-16(4-6-19)15-27-22(31)29-13-11-18(12-14-29)17-7-9-20(10-8-17)23(24,25)26/h3-10,18H,11-15H2,1-2H3,(H,27,31). The third-order valence-corrected chi connectivity index (χ3v) is 5.54. The summed E-state index contributed by atoms with van der Waals surface area (Å²) in [5.41, 5.74) is 1.71. The molecule has 0 aliphatic carbocycles. The summed E-state index contributed by atoms with van der Waals surface area (Å²) in [4.78, 5) is 27.6. The van der Waals surface area contributed by atoms with Gasteiger partial charge in [-0.05, 0) is 54.2 Å². The lowest BCUT2D eigenvalue weighted by atomic mass is 9.89. The number of amides is 3. The number of halogens is 3. The van der Waals surface area contributed by atoms with Gasteiger partial charge in [-0.3, -0.25) is 4.79 Å². The zero-order valence-corrected chi connectivity index (χ0v) is 17.6. The van der Waals surface area contributed by atoms with Gasteiger partial charge in [0.05, 0.1) is 5.56 Å². The van der Waals surface area contributed by atoms with Gasteiger partial charge in [0.1, 0.15) is 0 Å². The number of hydrogen-bond donors (Lipinski definition) is 1. The molecule has 0 spiro atoms. The fourth-order valence-corrected chi connectivity index (χ4v) is 3.67. The van der Waals surface area contributed by atoms with E-state index in [1.807, 2.05) is 12.1 Å². The van der Waals surface area contributed by atoms with Crippen LogP contribution in [0.2, 0.25) is 0 Å². The van der Waals surface area contributed by atoms with Crippen LogP contribution in [0.3, 0.4) is 0 Å². The van der Waals surface area contributed by atoms with Gasteiger partial charge < -0.3 is 15.1 Å². The SMILES string of the molecule is CN(C)C(=O)c1ccc(CNC(=O)N2CCC(c3ccc(C(F)(F)F)cc3)CC2)cc1. The van der Waals surface area contributed by atoms with E-state index in [1.165, 1.54) is 17.0 Å². The highest BCUT2D eigenvalue weighted by Gasteiger charge is 2.30. The summed E-state index contributed by atoms with van der Waals surface area (Å²) in [7, 11) is 3.38. The van der Waals surface area contributed by atoms with Crippen molar-refractivity contribution in [2.24, 2.45) is 0 Å². The van der Waals surface area contributed by atoms with Crippen molar-refractivity contribution in [1.82, 2.24) is 15.1 Å². The molecule has 166 valence electrons. The number of likely N-dealkylation sites (tertiary alicyclic amines) is 1. The van der Waals surface area contributed by atoms with E-state index in [2.05, 4.69) is 5.32 Å². The zero-order chi connectivity index (χ0) is 22.6. The van der Waals surface area contributed by atoms with Crippen molar-refractivity contribution in [2.45, 2.75) is 31.5 Å². The average molecular weight is 433 g/mol. The minimum absolute atomic E-state index is 0.0773. The molecule has 5 nitrogen and oxygen atoms in total. The van der Waals surface area contributed by atoms with E-state index in [0.29, 0.717) is 38.0 Å². The van der Waals surface area contributed by atoms with E-state index in [1.54, 1.807) is 31.1 Å². The summed E-state index contributed by atoms with van der Waals surface area (Å²) >= 11 is 0. The van der Waals surface area contributed by atoms with Crippen molar-refractivity contribution < 1.29 is 22.8 Å². The van der Waals surface area contributed by atoms with E-state index in [0.717, 1.165) is 23.3 Å². The first-order valence-corrected chi connectivity index (χ1v) is 10.2. The molecule has 0 bridgehead atoms. The summed E-state index contributed by atoms with van der Waals surface area (Å²) < 4.78 is 38.1. The Balaban J connectivity index is 1.47. The molecule has 1 aliphatic heterocycles. The Bertz CT molecular complexity index is 901. The smallest absolute Gasteiger partial charge is 0.345 e. The van der Waals surface area contributed by atoms with E-state index in [9.17, 15) is 22.8 Å². The Morgan fingerprint density at radius 1 is 1.00 bits per heavy atom. The minimum Gasteiger partial charge on any atom is -0.345 e. The van der Waals surface area contributed by atoms with E-state index >= 15 is 0 Å². The molecule has 0 saturated carbocycles. The van der Waals surface area contributed by atoms with Crippen LogP contribution in [0.5, 0.6) is 0 Å². The number of nitrogens with zero attached hydrogens (tertiary/aromatic N) is 2. The number of benzene rings is 2. The Labute approximate surface area is 179 Å². The highest BCUT2D eigenvalue weighted by Crippen LogP contribution is 2.32. The Morgan fingerprint density at radius 3 is 2.10 bits per heavy atom. The number of carbonyl (C=O) groups excluding carboxylic acids is 2. The van der Waals surface area contributed by atoms with E-state index < -0.39 is 11.7 Å². The van der Waals surface area contributed by atoms with Gasteiger partial charge in [-0.1, -0.05) is 24.3 Å². The second-order valence-electron chi connectivity index (χ2n) is 7.94. The quantitative estimate of drug-likeness (QED) is 0.772. The van der Waals surface area contributed by atoms with Crippen molar-refractivity contribution >= 4 is 11.9 Å². The molecule has 1 saturated heterocycles. The lowest BCUT2D eigenvalue weighted by molar-refractivity contribution is -0.137. The Morgan fingerprint density at radius 2 is 1.58 bits per heavy atom. The number of urea groups is 1. The topological polar surface area (TPSA) is 52.7 Å². The van der Waals surface area contributed by atoms with Crippen molar-refractivity contribution in [3.05, 3.63) is 70.8 Å². The van der Waals surface area contributed by atoms with Gasteiger partial charge in [-0.15, -0.1) is 0 Å². The zero-order valence-electron chi connectivity index (χ0n) is 17.6. The monoisotopic (exact) mass is 433 g/mol. The van der Waals surface area contributed by atoms with Gasteiger partial charge in [-0.25, -0.2) is 4.79 Å². The Hall–Kier alpha value is -3.03. The first-order chi connectivity index (χ1) is 14.6. The van der Waals surface area contributed by atoms with E-state index in [-0.39, 0.29) is 17.9 Å². The summed E-state index contributed by atoms with van der Waals surface area (Å²) in [6, 6.07) is 12.2. The molecule has 1 aliphatic rings. The molecule has 2 aromatic carbocycles. The van der Waals surface area contributed by atoms with Crippen LogP contribution >= 0.6 is 0 Å². The van der Waals surface area contributed by atoms with Crippen molar-refractivity contribution in [3.63, 3.8) is 0 Å². The maximum absolute atomic E-state index is 12.7. The minimum atomic E-state index is -4.33. The van der Waals surface area contributed by atoms with Crippen molar-refractivity contribution in [1.29, 1.82) is 0 Å². The summed E-state index contributed by atoms with van der Waals surface area (Å²) in [6.07, 6.45) is -2.91. The number of carbonyl (C=O) groups is 2. The molecule has 3 rings (SSSR count). The van der Waals surface area contributed by atoms with Gasteiger partial charge in [-0.2, -0.15) is 13.2 Å². The molecule has 0 atom stereocenters. The summed E-state index contributed by atoms with van der Waals surface area (Å²) in [5, 5.41) is 2.89. The molecule has 8 heteroatoms. The summed E-state index contributed by atoms with van der Waals surface area (Å²) in [6.45, 7) is 1.45. The van der Waals surface area contributed by atoms with Gasteiger partial charge in [0.25, 0.3) is 5.91 Å². The lowest BCUT2D eigenvalue weighted by Crippen LogP contribution is -2.43. The fourth-order valence-electron chi connectivity index (χ4n) is 3.67. The normalized spacial score (nSPS) is 14.9. The fraction of sp³-hybridized carbons (Fsp3) is 0.391. The largest absolute Gasteiger partial charge is 0.416 e. The second kappa shape index (κ2) is 9.41. The molecule has 0 unspecified atom stereocenters. The first-order valence-electron chi connectivity index (χ1n) is 10.2. The van der Waals surface area contributed by atoms with Crippen LogP contribution in [0.25, 0.3) is 0 Å². The van der Waals surface area contributed by atoms with Crippen LogP contribution in [0.4, 0.5) is 18.0 Å². The molecule has 0 aromatic heterocycles. The average Bonchev–Trinajstić information content (AvgIpc) is 2.77. The maximum atomic E-state index is 12.7. The van der Waals surface area contributed by atoms with Gasteiger partial charge in [0.2, 0.25) is 0 Å². The number of rotatable bonds is 4. The molecule has 3 amide bonds. The highest BCUT2D eigenvalue weighted by molar-refractivity contribution is 5.93. The molecule has 1 heterocycles. The predicted molar refractivity (Wildman–Crippen MR) is 112 cm³/mol. The van der Waals surface area contributed by atoms with Crippen LogP contribution in [0.15, 0.2) is 48.5 Å². The number of piperidine rings is 1. The lowest BCUT2D eigenvalue weighted by Gasteiger charge is -2.32. The molecule has 1 N–H and O–H groups in total. The van der Waals surface area contributed by atoms with Gasteiger partial charge in [0.15, 0.2) is 0 Å². The van der Waals surface area contributed by atoms with E-state index in [4.69, 9.17) is 0 Å². The molecular weight excluding hydrogens is 407 g/mol. The molecule has 0 radical (unpaired) electrons.